The Hall–Kier alpha value is -1.08. The molecule has 0 radical (unpaired) electrons. The second-order valence-corrected chi connectivity index (χ2v) is 9.26. The normalized spacial score (nSPS) is 30.1. The number of halogens is 2. The van der Waals surface area contributed by atoms with E-state index in [2.05, 4.69) is 15.5 Å². The lowest BCUT2D eigenvalue weighted by Crippen LogP contribution is -2.51. The zero-order valence-corrected chi connectivity index (χ0v) is 19.1. The number of hydrogen-bond acceptors (Lipinski definition) is 4. The van der Waals surface area contributed by atoms with Gasteiger partial charge in [-0.3, -0.25) is 9.59 Å². The molecule has 3 saturated heterocycles. The molecule has 0 spiro atoms. The van der Waals surface area contributed by atoms with Gasteiger partial charge in [0.25, 0.3) is 11.5 Å². The fourth-order valence-corrected chi connectivity index (χ4v) is 6.10. The molecule has 5 heterocycles. The average Bonchev–Trinajstić information content (AvgIpc) is 2.73. The van der Waals surface area contributed by atoms with Gasteiger partial charge >= 0.3 is 0 Å². The predicted molar refractivity (Wildman–Crippen MR) is 123 cm³/mol. The molecule has 0 aliphatic carbocycles. The van der Waals surface area contributed by atoms with Gasteiger partial charge in [0.15, 0.2) is 0 Å². The van der Waals surface area contributed by atoms with Crippen LogP contribution in [0.2, 0.25) is 0 Å². The van der Waals surface area contributed by atoms with E-state index in [1.54, 1.807) is 6.07 Å². The molecule has 3 fully saturated rings. The predicted octanol–water partition coefficient (Wildman–Crippen LogP) is 2.39. The number of carbonyl (C=O) groups excluding carboxylic acids is 1. The Morgan fingerprint density at radius 2 is 1.93 bits per heavy atom. The molecule has 0 saturated carbocycles. The molecule has 2 bridgehead atoms. The lowest BCUT2D eigenvalue weighted by Gasteiger charge is -2.44. The van der Waals surface area contributed by atoms with Gasteiger partial charge in [-0.2, -0.15) is 0 Å². The van der Waals surface area contributed by atoms with E-state index < -0.39 is 0 Å². The fourth-order valence-electron chi connectivity index (χ4n) is 6.10. The number of aromatic nitrogens is 1. The summed E-state index contributed by atoms with van der Waals surface area (Å²) in [6.07, 6.45) is 7.40. The lowest BCUT2D eigenvalue weighted by molar-refractivity contribution is 0.0575. The smallest absolute Gasteiger partial charge is 0.263 e. The van der Waals surface area contributed by atoms with Crippen LogP contribution in [0.1, 0.15) is 60.5 Å². The summed E-state index contributed by atoms with van der Waals surface area (Å²) in [6.45, 7) is 5.74. The van der Waals surface area contributed by atoms with Crippen molar-refractivity contribution in [2.75, 3.05) is 32.7 Å². The van der Waals surface area contributed by atoms with Gasteiger partial charge in [0.05, 0.1) is 0 Å². The quantitative estimate of drug-likeness (QED) is 0.732. The first-order valence-electron chi connectivity index (χ1n) is 11.2. The number of nitrogens with one attached hydrogen (secondary N) is 2. The summed E-state index contributed by atoms with van der Waals surface area (Å²) in [7, 11) is 0. The van der Waals surface area contributed by atoms with Crippen LogP contribution in [0, 0.1) is 11.8 Å². The van der Waals surface area contributed by atoms with Gasteiger partial charge in [0, 0.05) is 37.3 Å². The number of hydrogen-bond donors (Lipinski definition) is 2. The first-order valence-corrected chi connectivity index (χ1v) is 11.2. The highest BCUT2D eigenvalue weighted by atomic mass is 35.5. The van der Waals surface area contributed by atoms with Crippen LogP contribution in [0.4, 0.5) is 0 Å². The van der Waals surface area contributed by atoms with Gasteiger partial charge in [0.2, 0.25) is 0 Å². The molecular weight excluding hydrogens is 423 g/mol. The van der Waals surface area contributed by atoms with Crippen LogP contribution in [0.5, 0.6) is 0 Å². The maximum absolute atomic E-state index is 13.0. The van der Waals surface area contributed by atoms with E-state index in [1.165, 1.54) is 45.2 Å². The standard InChI is InChI=1S/C22H32N4O2.2ClH/c27-21(24-13-16-4-3-9-25-8-2-1-5-19(16)25)18-6-7-20-17-10-15(11-23-12-17)14-26(20)22(18)28;;/h6-7,15-17,19,23H,1-5,8-14H2,(H,24,27);2*1H/t15-,16-,17+,19+;;/m0../s1. The molecular formula is C22H34Cl2N4O2. The van der Waals surface area contributed by atoms with Crippen LogP contribution in [0.15, 0.2) is 16.9 Å². The SMILES string of the molecule is Cl.Cl.O=C(NC[C@@H]1CCCN2CCCC[C@H]12)c1ccc2n(c1=O)C[C@@H]1CNC[C@H]2C1. The highest BCUT2D eigenvalue weighted by Gasteiger charge is 2.34. The highest BCUT2D eigenvalue weighted by molar-refractivity contribution is 5.93. The maximum Gasteiger partial charge on any atom is 0.263 e. The Balaban J connectivity index is 0.00000128. The minimum Gasteiger partial charge on any atom is -0.352 e. The summed E-state index contributed by atoms with van der Waals surface area (Å²) >= 11 is 0. The largest absolute Gasteiger partial charge is 0.352 e. The molecule has 5 rings (SSSR count). The zero-order chi connectivity index (χ0) is 19.1. The minimum absolute atomic E-state index is 0. The van der Waals surface area contributed by atoms with E-state index in [-0.39, 0.29) is 36.3 Å². The molecule has 0 unspecified atom stereocenters. The molecule has 2 N–H and O–H groups in total. The fraction of sp³-hybridized carbons (Fsp3) is 0.727. The summed E-state index contributed by atoms with van der Waals surface area (Å²) in [5, 5.41) is 6.57. The summed E-state index contributed by atoms with van der Waals surface area (Å²) in [4.78, 5) is 28.5. The molecule has 6 nitrogen and oxygen atoms in total. The molecule has 8 heteroatoms. The number of fused-ring (bicyclic) bond motifs is 5. The van der Waals surface area contributed by atoms with E-state index in [0.717, 1.165) is 31.7 Å². The summed E-state index contributed by atoms with van der Waals surface area (Å²) < 4.78 is 1.87. The van der Waals surface area contributed by atoms with Crippen molar-refractivity contribution in [3.8, 4) is 0 Å². The third-order valence-electron chi connectivity index (χ3n) is 7.51. The van der Waals surface area contributed by atoms with E-state index >= 15 is 0 Å². The van der Waals surface area contributed by atoms with E-state index in [9.17, 15) is 9.59 Å². The van der Waals surface area contributed by atoms with Crippen LogP contribution in [-0.2, 0) is 6.54 Å². The van der Waals surface area contributed by atoms with Gasteiger partial charge < -0.3 is 20.1 Å². The van der Waals surface area contributed by atoms with Crippen LogP contribution in [-0.4, -0.2) is 54.1 Å². The number of rotatable bonds is 3. The molecule has 4 aliphatic rings. The van der Waals surface area contributed by atoms with E-state index in [0.29, 0.717) is 35.9 Å². The number of nitrogens with zero attached hydrogens (tertiary/aromatic N) is 2. The summed E-state index contributed by atoms with van der Waals surface area (Å²) in [5.74, 6) is 1.23. The van der Waals surface area contributed by atoms with Crippen molar-refractivity contribution in [1.82, 2.24) is 20.1 Å². The van der Waals surface area contributed by atoms with Crippen LogP contribution in [0.25, 0.3) is 0 Å². The van der Waals surface area contributed by atoms with Crippen molar-refractivity contribution >= 4 is 30.7 Å². The molecule has 168 valence electrons. The number of pyridine rings is 1. The van der Waals surface area contributed by atoms with Gasteiger partial charge in [-0.15, -0.1) is 24.8 Å². The Kier molecular flexibility index (Phi) is 7.88. The molecule has 1 amide bonds. The third-order valence-corrected chi connectivity index (χ3v) is 7.51. The summed E-state index contributed by atoms with van der Waals surface area (Å²) in [6, 6.07) is 4.37. The van der Waals surface area contributed by atoms with Crippen molar-refractivity contribution in [2.24, 2.45) is 11.8 Å². The highest BCUT2D eigenvalue weighted by Crippen LogP contribution is 2.32. The van der Waals surface area contributed by atoms with Crippen LogP contribution in [0.3, 0.4) is 0 Å². The number of amides is 1. The Morgan fingerprint density at radius 1 is 1.10 bits per heavy atom. The van der Waals surface area contributed by atoms with E-state index in [4.69, 9.17) is 0 Å². The van der Waals surface area contributed by atoms with Crippen molar-refractivity contribution in [3.63, 3.8) is 0 Å². The lowest BCUT2D eigenvalue weighted by atomic mass is 9.83. The Labute approximate surface area is 191 Å². The molecule has 4 aliphatic heterocycles. The van der Waals surface area contributed by atoms with Gasteiger partial charge in [-0.05, 0) is 75.7 Å². The molecule has 1 aromatic rings. The van der Waals surface area contributed by atoms with Crippen LogP contribution < -0.4 is 16.2 Å². The molecule has 0 aromatic carbocycles. The maximum atomic E-state index is 13.0. The minimum atomic E-state index is -0.193. The second-order valence-electron chi connectivity index (χ2n) is 9.26. The van der Waals surface area contributed by atoms with Gasteiger partial charge in [-0.1, -0.05) is 6.42 Å². The zero-order valence-electron chi connectivity index (χ0n) is 17.5. The molecule has 4 atom stereocenters. The monoisotopic (exact) mass is 456 g/mol. The molecule has 30 heavy (non-hydrogen) atoms. The summed E-state index contributed by atoms with van der Waals surface area (Å²) in [5.41, 5.74) is 1.30. The van der Waals surface area contributed by atoms with Crippen molar-refractivity contribution in [1.29, 1.82) is 0 Å². The molecule has 1 aromatic heterocycles. The van der Waals surface area contributed by atoms with Gasteiger partial charge in [-0.25, -0.2) is 0 Å². The first kappa shape index (κ1) is 23.6. The van der Waals surface area contributed by atoms with Crippen molar-refractivity contribution in [3.05, 3.63) is 33.7 Å². The average molecular weight is 457 g/mol. The van der Waals surface area contributed by atoms with Crippen molar-refractivity contribution in [2.45, 2.75) is 57.0 Å². The second kappa shape index (κ2) is 10.0. The number of carbonyl (C=O) groups is 1. The van der Waals surface area contributed by atoms with Crippen molar-refractivity contribution < 1.29 is 4.79 Å². The number of piperidine rings is 3. The third kappa shape index (κ3) is 4.43. The Bertz CT molecular complexity index is 813. The van der Waals surface area contributed by atoms with E-state index in [1.807, 2.05) is 10.6 Å². The first-order chi connectivity index (χ1) is 13.7. The topological polar surface area (TPSA) is 66.4 Å². The van der Waals surface area contributed by atoms with Crippen LogP contribution >= 0.6 is 24.8 Å². The van der Waals surface area contributed by atoms with Gasteiger partial charge in [0.1, 0.15) is 5.56 Å². The Morgan fingerprint density at radius 3 is 2.80 bits per heavy atom.